The summed E-state index contributed by atoms with van der Waals surface area (Å²) in [5.41, 5.74) is 0. The minimum Gasteiger partial charge on any atom is -0.495 e. The summed E-state index contributed by atoms with van der Waals surface area (Å²) in [6.45, 7) is 0. The van der Waals surface area contributed by atoms with Gasteiger partial charge in [0, 0.05) is 0 Å². The Morgan fingerprint density at radius 3 is 1.79 bits per heavy atom. The van der Waals surface area contributed by atoms with Crippen LogP contribution in [0.2, 0.25) is 5.02 Å². The summed E-state index contributed by atoms with van der Waals surface area (Å²) in [6.07, 6.45) is 0. The van der Waals surface area contributed by atoms with E-state index in [1.165, 1.54) is 0 Å². The summed E-state index contributed by atoms with van der Waals surface area (Å²) < 4.78 is 9.95. The van der Waals surface area contributed by atoms with Gasteiger partial charge in [0.25, 0.3) is 0 Å². The summed E-state index contributed by atoms with van der Waals surface area (Å²) in [4.78, 5) is 0. The van der Waals surface area contributed by atoms with Crippen molar-refractivity contribution in [2.24, 2.45) is 0 Å². The lowest BCUT2D eigenvalue weighted by Gasteiger charge is -2.06. The van der Waals surface area contributed by atoms with E-state index in [1.807, 2.05) is 6.07 Å². The van der Waals surface area contributed by atoms with Crippen LogP contribution in [0.15, 0.2) is 18.2 Å². The molecule has 0 saturated heterocycles. The first kappa shape index (κ1) is 13.1. The number of hydrogen-bond acceptors (Lipinski definition) is 4. The van der Waals surface area contributed by atoms with Crippen LogP contribution >= 0.6 is 11.6 Å². The van der Waals surface area contributed by atoms with Crippen LogP contribution in [0.1, 0.15) is 0 Å². The van der Waals surface area contributed by atoms with Gasteiger partial charge >= 0.3 is 7.69 Å². The molecule has 0 atom stereocenters. The van der Waals surface area contributed by atoms with Crippen molar-refractivity contribution in [1.82, 2.24) is 0 Å². The Morgan fingerprint density at radius 1 is 1.14 bits per heavy atom. The molecule has 0 unspecified atom stereocenters. The van der Waals surface area contributed by atoms with Crippen LogP contribution < -0.4 is 9.47 Å². The first-order chi connectivity index (χ1) is 6.71. The maximum absolute atomic E-state index is 7.00. The molecule has 0 spiro atoms. The maximum atomic E-state index is 7.00. The largest absolute Gasteiger partial charge is 0.495 e. The molecule has 0 amide bonds. The Labute approximate surface area is 88.3 Å². The van der Waals surface area contributed by atoms with E-state index in [-0.39, 0.29) is 7.69 Å². The molecule has 1 aromatic rings. The fourth-order valence-electron chi connectivity index (χ4n) is 0.806. The molecule has 1 rings (SSSR count). The Morgan fingerprint density at radius 2 is 1.50 bits per heavy atom. The molecule has 77 valence electrons. The third-order valence-electron chi connectivity index (χ3n) is 1.37. The summed E-state index contributed by atoms with van der Waals surface area (Å²) in [5.74, 6) is 1.26. The zero-order valence-electron chi connectivity index (χ0n) is 7.90. The van der Waals surface area contributed by atoms with E-state index in [9.17, 15) is 0 Å². The van der Waals surface area contributed by atoms with Gasteiger partial charge in [-0.1, -0.05) is 17.7 Å². The van der Waals surface area contributed by atoms with Crippen LogP contribution in [0, 0.1) is 0 Å². The molecule has 0 aliphatic rings. The van der Waals surface area contributed by atoms with Crippen molar-refractivity contribution >= 4 is 19.3 Å². The molecule has 6 heteroatoms. The monoisotopic (exact) mass is 217 g/mol. The van der Waals surface area contributed by atoms with Crippen molar-refractivity contribution in [2.45, 2.75) is 0 Å². The molecule has 1 aromatic carbocycles. The van der Waals surface area contributed by atoms with Crippen molar-refractivity contribution < 1.29 is 19.5 Å². The van der Waals surface area contributed by atoms with Gasteiger partial charge < -0.3 is 19.5 Å². The van der Waals surface area contributed by atoms with Gasteiger partial charge in [0.05, 0.1) is 14.2 Å². The highest BCUT2D eigenvalue weighted by Gasteiger charge is 2.04. The molecule has 1 radical (unpaired) electrons. The van der Waals surface area contributed by atoms with Crippen molar-refractivity contribution in [1.29, 1.82) is 0 Å². The molecule has 0 heterocycles. The second-order valence-corrected chi connectivity index (χ2v) is 2.47. The number of benzene rings is 1. The zero-order chi connectivity index (χ0) is 11.0. The minimum absolute atomic E-state index is 0. The molecule has 0 aromatic heterocycles. The van der Waals surface area contributed by atoms with E-state index in [0.29, 0.717) is 16.5 Å². The maximum Gasteiger partial charge on any atom is 0.482 e. The van der Waals surface area contributed by atoms with Gasteiger partial charge in [-0.15, -0.1) is 0 Å². The van der Waals surface area contributed by atoms with Gasteiger partial charge in [0.2, 0.25) is 0 Å². The van der Waals surface area contributed by atoms with Crippen molar-refractivity contribution in [2.75, 3.05) is 14.2 Å². The molecule has 4 nitrogen and oxygen atoms in total. The van der Waals surface area contributed by atoms with E-state index >= 15 is 0 Å². The normalized spacial score (nSPS) is 8.36. The molecular formula is C8H11BClO4. The second kappa shape index (κ2) is 7.49. The van der Waals surface area contributed by atoms with Gasteiger partial charge in [0.15, 0.2) is 0 Å². The van der Waals surface area contributed by atoms with E-state index in [0.717, 1.165) is 0 Å². The van der Waals surface area contributed by atoms with Gasteiger partial charge in [-0.05, 0) is 12.1 Å². The Hall–Kier alpha value is -0.905. The summed E-state index contributed by atoms with van der Waals surface area (Å²) in [5, 5.41) is 14.5. The third-order valence-corrected chi connectivity index (χ3v) is 1.74. The van der Waals surface area contributed by atoms with E-state index in [1.54, 1.807) is 26.4 Å². The van der Waals surface area contributed by atoms with Gasteiger partial charge in [-0.2, -0.15) is 0 Å². The molecular weight excluding hydrogens is 206 g/mol. The first-order valence-corrected chi connectivity index (χ1v) is 4.05. The first-order valence-electron chi connectivity index (χ1n) is 3.67. The van der Waals surface area contributed by atoms with Gasteiger partial charge in [0.1, 0.15) is 16.5 Å². The van der Waals surface area contributed by atoms with E-state index in [2.05, 4.69) is 0 Å². The highest BCUT2D eigenvalue weighted by atomic mass is 35.5. The standard InChI is InChI=1S/C8H9ClO2.BH2O2/c1-10-6-4-3-5-7(11-2)8(6)9;2-1-3/h3-5H,1-2H3;2-3H. The van der Waals surface area contributed by atoms with Crippen LogP contribution in [0.4, 0.5) is 0 Å². The number of hydrogen-bond donors (Lipinski definition) is 2. The van der Waals surface area contributed by atoms with Gasteiger partial charge in [-0.3, -0.25) is 0 Å². The smallest absolute Gasteiger partial charge is 0.482 e. The van der Waals surface area contributed by atoms with Crippen LogP contribution in [-0.2, 0) is 0 Å². The molecule has 14 heavy (non-hydrogen) atoms. The van der Waals surface area contributed by atoms with Crippen molar-refractivity contribution in [3.63, 3.8) is 0 Å². The van der Waals surface area contributed by atoms with E-state index in [4.69, 9.17) is 31.1 Å². The van der Waals surface area contributed by atoms with E-state index < -0.39 is 0 Å². The highest BCUT2D eigenvalue weighted by Crippen LogP contribution is 2.32. The van der Waals surface area contributed by atoms with Crippen molar-refractivity contribution in [3.8, 4) is 11.5 Å². The molecule has 2 N–H and O–H groups in total. The molecule has 0 bridgehead atoms. The average molecular weight is 217 g/mol. The fourth-order valence-corrected chi connectivity index (χ4v) is 1.09. The van der Waals surface area contributed by atoms with Crippen molar-refractivity contribution in [3.05, 3.63) is 23.2 Å². The molecule has 0 aliphatic heterocycles. The molecule has 0 saturated carbocycles. The lowest BCUT2D eigenvalue weighted by molar-refractivity contribution is 0.395. The Balaban J connectivity index is 0.000000500. The molecule has 0 aliphatic carbocycles. The fraction of sp³-hybridized carbons (Fsp3) is 0.250. The number of ether oxygens (including phenoxy) is 2. The zero-order valence-corrected chi connectivity index (χ0v) is 8.65. The highest BCUT2D eigenvalue weighted by molar-refractivity contribution is 6.33. The van der Waals surface area contributed by atoms with Crippen LogP contribution in [0.5, 0.6) is 11.5 Å². The lowest BCUT2D eigenvalue weighted by atomic mass is 10.3. The predicted octanol–water partition coefficient (Wildman–Crippen LogP) is 0.862. The third kappa shape index (κ3) is 3.87. The second-order valence-electron chi connectivity index (χ2n) is 2.09. The predicted molar refractivity (Wildman–Crippen MR) is 54.7 cm³/mol. The number of rotatable bonds is 2. The number of halogens is 1. The van der Waals surface area contributed by atoms with Gasteiger partial charge in [-0.25, -0.2) is 0 Å². The summed E-state index contributed by atoms with van der Waals surface area (Å²) in [6, 6.07) is 5.39. The number of methoxy groups -OCH3 is 2. The topological polar surface area (TPSA) is 58.9 Å². The quantitative estimate of drug-likeness (QED) is 0.722. The Kier molecular flexibility index (Phi) is 7.01. The average Bonchev–Trinajstić information content (AvgIpc) is 2.19. The lowest BCUT2D eigenvalue weighted by Crippen LogP contribution is -1.87. The minimum atomic E-state index is 0. The summed E-state index contributed by atoms with van der Waals surface area (Å²) in [7, 11) is 3.14. The Bertz CT molecular complexity index is 247. The van der Waals surface area contributed by atoms with Crippen LogP contribution in [0.3, 0.4) is 0 Å². The van der Waals surface area contributed by atoms with Crippen LogP contribution in [0.25, 0.3) is 0 Å². The molecule has 0 fully saturated rings. The van der Waals surface area contributed by atoms with Crippen LogP contribution in [-0.4, -0.2) is 32.0 Å². The SMILES string of the molecule is COc1cccc(OC)c1Cl.O[B]O. The summed E-state index contributed by atoms with van der Waals surface area (Å²) >= 11 is 5.86.